The molecule has 0 aromatic heterocycles. The first-order valence-corrected chi connectivity index (χ1v) is 15.8. The van der Waals surface area contributed by atoms with Crippen LogP contribution in [0.25, 0.3) is 0 Å². The largest absolute Gasteiger partial charge is 0.0944 e. The lowest BCUT2D eigenvalue weighted by Gasteiger charge is -2.20. The van der Waals surface area contributed by atoms with E-state index in [0.29, 0.717) is 0 Å². The molecule has 0 heteroatoms. The first-order valence-electron chi connectivity index (χ1n) is 15.8. The molecule has 0 N–H and O–H groups in total. The van der Waals surface area contributed by atoms with Crippen LogP contribution in [0.1, 0.15) is 125 Å². The van der Waals surface area contributed by atoms with Crippen LogP contribution >= 0.6 is 0 Å². The Morgan fingerprint density at radius 1 is 0.222 bits per heavy atom. The summed E-state index contributed by atoms with van der Waals surface area (Å²) in [6.45, 7) is 38.3. The van der Waals surface area contributed by atoms with E-state index in [0.717, 1.165) is 33.4 Å². The van der Waals surface area contributed by atoms with Crippen LogP contribution in [0.15, 0.2) is 50.6 Å². The average Bonchev–Trinajstić information content (AvgIpc) is 2.80. The maximum atomic E-state index is 3.56. The van der Waals surface area contributed by atoms with Crippen molar-refractivity contribution in [2.45, 2.75) is 125 Å². The number of hydrogen-bond donors (Lipinski definition) is 0. The summed E-state index contributed by atoms with van der Waals surface area (Å²) in [4.78, 5) is 0. The second kappa shape index (κ2) is 14.3. The molecule has 0 amide bonds. The van der Waals surface area contributed by atoms with E-state index in [1.165, 1.54) is 0 Å². The first-order chi connectivity index (χ1) is 20.1. The molecule has 234 valence electrons. The molecular weight excluding hydrogens is 540 g/mol. The fourth-order valence-electron chi connectivity index (χ4n) is 3.38. The second-order valence-electron chi connectivity index (χ2n) is 17.6. The van der Waals surface area contributed by atoms with Gasteiger partial charge in [0, 0.05) is 32.5 Å². The van der Waals surface area contributed by atoms with E-state index in [2.05, 4.69) is 213 Å². The van der Waals surface area contributed by atoms with Crippen LogP contribution in [0.3, 0.4) is 0 Å². The quantitative estimate of drug-likeness (QED) is 0.193. The molecule has 0 saturated heterocycles. The van der Waals surface area contributed by atoms with E-state index in [1.54, 1.807) is 0 Å². The lowest BCUT2D eigenvalue weighted by molar-refractivity contribution is 0.508. The van der Waals surface area contributed by atoms with Crippen LogP contribution in [-0.4, -0.2) is 0 Å². The van der Waals surface area contributed by atoms with Gasteiger partial charge in [-0.25, -0.2) is 0 Å². The molecule has 1 rings (SSSR count). The highest BCUT2D eigenvalue weighted by Gasteiger charge is 2.22. The third-order valence-corrected chi connectivity index (χ3v) is 6.56. The van der Waals surface area contributed by atoms with Gasteiger partial charge in [0.1, 0.15) is 0 Å². The van der Waals surface area contributed by atoms with Crippen LogP contribution < -0.4 is 0 Å². The summed E-state index contributed by atoms with van der Waals surface area (Å²) in [6, 6.07) is 0. The van der Waals surface area contributed by atoms with Gasteiger partial charge in [0.2, 0.25) is 0 Å². The Morgan fingerprint density at radius 3 is 0.422 bits per heavy atom. The Hall–Kier alpha value is -4.08. The SMILES string of the molecule is CC(C)(C)C1=C=C(C(C)(C)C)C#CC#CC(C(C)(C)C)=C=C(C(C)(C)C)C#CC#CC(C(C)(C)C)=C=C(C(C)(C)C)C#CC#C1. The van der Waals surface area contributed by atoms with Crippen molar-refractivity contribution in [3.63, 3.8) is 0 Å². The minimum absolute atomic E-state index is 0.248. The van der Waals surface area contributed by atoms with E-state index in [-0.39, 0.29) is 32.5 Å². The van der Waals surface area contributed by atoms with Crippen molar-refractivity contribution >= 4 is 0 Å². The van der Waals surface area contributed by atoms with Crippen molar-refractivity contribution in [3.8, 4) is 71.0 Å². The molecule has 0 unspecified atom stereocenters. The first kappa shape index (κ1) is 38.9. The smallest absolute Gasteiger partial charge is 0.0511 e. The Kier molecular flexibility index (Phi) is 12.4. The molecule has 0 bridgehead atoms. The summed E-state index contributed by atoms with van der Waals surface area (Å²) in [6.07, 6.45) is 0. The van der Waals surface area contributed by atoms with Crippen LogP contribution in [0.5, 0.6) is 0 Å². The lowest BCUT2D eigenvalue weighted by Crippen LogP contribution is -2.11. The summed E-state index contributed by atoms with van der Waals surface area (Å²) < 4.78 is 0. The lowest BCUT2D eigenvalue weighted by atomic mass is 9.82. The van der Waals surface area contributed by atoms with Gasteiger partial charge >= 0.3 is 0 Å². The maximum Gasteiger partial charge on any atom is 0.0511 e. The van der Waals surface area contributed by atoms with Gasteiger partial charge in [-0.15, -0.1) is 0 Å². The van der Waals surface area contributed by atoms with Gasteiger partial charge in [0.25, 0.3) is 0 Å². The molecule has 45 heavy (non-hydrogen) atoms. The van der Waals surface area contributed by atoms with E-state index in [1.807, 2.05) is 0 Å². The van der Waals surface area contributed by atoms with Crippen LogP contribution in [0, 0.1) is 104 Å². The van der Waals surface area contributed by atoms with Crippen LogP contribution in [-0.2, 0) is 0 Å². The molecule has 0 spiro atoms. The summed E-state index contributed by atoms with van der Waals surface area (Å²) in [7, 11) is 0. The Morgan fingerprint density at radius 2 is 0.333 bits per heavy atom. The standard InChI is InChI=1S/C45H54/c1-40(2,3)34-25-19-20-27-36(42(7,8)9)32-38(44(13,14)15)29-23-24-30-39(45(16,17)18)33-37(43(10,11)12)28-22-21-26-35(31-34)41(4,5)6/h1-18H3. The van der Waals surface area contributed by atoms with Crippen molar-refractivity contribution in [2.24, 2.45) is 32.5 Å². The van der Waals surface area contributed by atoms with Crippen molar-refractivity contribution < 1.29 is 0 Å². The number of rotatable bonds is 0. The maximum absolute atomic E-state index is 3.56. The van der Waals surface area contributed by atoms with Gasteiger partial charge in [-0.05, 0) is 71.0 Å². The molecule has 1 aliphatic rings. The molecule has 0 radical (unpaired) electrons. The van der Waals surface area contributed by atoms with E-state index in [9.17, 15) is 0 Å². The van der Waals surface area contributed by atoms with Crippen LogP contribution in [0.4, 0.5) is 0 Å². The zero-order valence-corrected chi connectivity index (χ0v) is 31.5. The molecule has 0 aromatic rings. The van der Waals surface area contributed by atoms with Crippen LogP contribution in [0.2, 0.25) is 0 Å². The fourth-order valence-corrected chi connectivity index (χ4v) is 3.38. The zero-order chi connectivity index (χ0) is 35.1. The summed E-state index contributed by atoms with van der Waals surface area (Å²) in [5, 5.41) is 0. The van der Waals surface area contributed by atoms with Crippen molar-refractivity contribution in [2.75, 3.05) is 0 Å². The van der Waals surface area contributed by atoms with Gasteiger partial charge in [0.05, 0.1) is 33.4 Å². The predicted molar refractivity (Wildman–Crippen MR) is 195 cm³/mol. The van der Waals surface area contributed by atoms with Gasteiger partial charge in [-0.1, -0.05) is 142 Å². The molecule has 0 fully saturated rings. The predicted octanol–water partition coefficient (Wildman–Crippen LogP) is 10.7. The van der Waals surface area contributed by atoms with Crippen molar-refractivity contribution in [3.05, 3.63) is 50.6 Å². The molecular formula is C45H54. The highest BCUT2D eigenvalue weighted by atomic mass is 14.2. The number of allylic oxidation sites excluding steroid dienone is 3. The topological polar surface area (TPSA) is 0 Å². The third-order valence-electron chi connectivity index (χ3n) is 6.56. The molecule has 0 aromatic carbocycles. The van der Waals surface area contributed by atoms with Crippen molar-refractivity contribution in [1.82, 2.24) is 0 Å². The Balaban J connectivity index is 4.62. The normalized spacial score (nSPS) is 15.1. The highest BCUT2D eigenvalue weighted by Crippen LogP contribution is 2.31. The highest BCUT2D eigenvalue weighted by molar-refractivity contribution is 5.51. The molecule has 0 aliphatic heterocycles. The van der Waals surface area contributed by atoms with Gasteiger partial charge in [-0.2, -0.15) is 0 Å². The molecule has 0 nitrogen and oxygen atoms in total. The molecule has 0 heterocycles. The molecule has 0 atom stereocenters. The van der Waals surface area contributed by atoms with Gasteiger partial charge in [0.15, 0.2) is 0 Å². The summed E-state index contributed by atoms with van der Waals surface area (Å²) in [5.41, 5.74) is 14.3. The minimum Gasteiger partial charge on any atom is -0.0944 e. The van der Waals surface area contributed by atoms with Crippen molar-refractivity contribution in [1.29, 1.82) is 0 Å². The molecule has 1 aliphatic carbocycles. The number of hydrogen-bond acceptors (Lipinski definition) is 0. The summed E-state index contributed by atoms with van der Waals surface area (Å²) >= 11 is 0. The summed E-state index contributed by atoms with van der Waals surface area (Å²) in [5.74, 6) is 38.4. The van der Waals surface area contributed by atoms with Gasteiger partial charge in [-0.3, -0.25) is 0 Å². The Bertz CT molecular complexity index is 1430. The zero-order valence-electron chi connectivity index (χ0n) is 31.5. The average molecular weight is 595 g/mol. The van der Waals surface area contributed by atoms with E-state index < -0.39 is 0 Å². The third kappa shape index (κ3) is 13.6. The minimum atomic E-state index is -0.248. The molecule has 0 saturated carbocycles. The second-order valence-corrected chi connectivity index (χ2v) is 17.6. The Labute approximate surface area is 278 Å². The van der Waals surface area contributed by atoms with E-state index in [4.69, 9.17) is 0 Å². The monoisotopic (exact) mass is 594 g/mol. The van der Waals surface area contributed by atoms with E-state index >= 15 is 0 Å². The van der Waals surface area contributed by atoms with Gasteiger partial charge < -0.3 is 0 Å². The fraction of sp³-hybridized carbons (Fsp3) is 0.533.